The van der Waals surface area contributed by atoms with Crippen LogP contribution in [-0.4, -0.2) is 30.2 Å². The van der Waals surface area contributed by atoms with Crippen molar-refractivity contribution in [2.24, 2.45) is 0 Å². The Morgan fingerprint density at radius 3 is 2.41 bits per heavy atom. The van der Waals surface area contributed by atoms with E-state index in [1.807, 2.05) is 0 Å². The Hall–Kier alpha value is -2.53. The van der Waals surface area contributed by atoms with Crippen molar-refractivity contribution in [3.8, 4) is 17.2 Å². The molecule has 22 heavy (non-hydrogen) atoms. The molecule has 0 saturated carbocycles. The van der Waals surface area contributed by atoms with E-state index >= 15 is 0 Å². The van der Waals surface area contributed by atoms with Crippen LogP contribution >= 0.6 is 0 Å². The minimum atomic E-state index is -0.661. The Bertz CT molecular complexity index is 691. The zero-order valence-corrected chi connectivity index (χ0v) is 12.7. The first kappa shape index (κ1) is 15.9. The van der Waals surface area contributed by atoms with Crippen molar-refractivity contribution >= 4 is 5.78 Å². The molecule has 1 unspecified atom stereocenters. The fourth-order valence-electron chi connectivity index (χ4n) is 2.18. The van der Waals surface area contributed by atoms with Gasteiger partial charge in [0.2, 0.25) is 5.75 Å². The second-order valence-electron chi connectivity index (χ2n) is 4.86. The van der Waals surface area contributed by atoms with E-state index in [-0.39, 0.29) is 28.6 Å². The van der Waals surface area contributed by atoms with Gasteiger partial charge in [0.15, 0.2) is 17.3 Å². The molecule has 1 atom stereocenters. The number of ether oxygens (including phenoxy) is 2. The molecule has 0 aliphatic heterocycles. The summed E-state index contributed by atoms with van der Waals surface area (Å²) in [4.78, 5) is 12.6. The minimum Gasteiger partial charge on any atom is -0.504 e. The van der Waals surface area contributed by atoms with Crippen LogP contribution in [0.5, 0.6) is 17.2 Å². The lowest BCUT2D eigenvalue weighted by molar-refractivity contribution is 0.103. The smallest absolute Gasteiger partial charge is 0.203 e. The van der Waals surface area contributed by atoms with Gasteiger partial charge >= 0.3 is 0 Å². The molecule has 2 aromatic carbocycles. The molecule has 116 valence electrons. The number of aliphatic hydroxyl groups is 1. The van der Waals surface area contributed by atoms with Crippen LogP contribution in [0.2, 0.25) is 0 Å². The number of aromatic hydroxyl groups is 1. The molecular weight excluding hydrogens is 284 g/mol. The number of phenols is 1. The fraction of sp³-hybridized carbons (Fsp3) is 0.235. The summed E-state index contributed by atoms with van der Waals surface area (Å²) in [6, 6.07) is 9.57. The summed E-state index contributed by atoms with van der Waals surface area (Å²) in [5, 5.41) is 19.6. The summed E-state index contributed by atoms with van der Waals surface area (Å²) >= 11 is 0. The molecule has 5 nitrogen and oxygen atoms in total. The Kier molecular flexibility index (Phi) is 4.68. The monoisotopic (exact) mass is 302 g/mol. The minimum absolute atomic E-state index is 0.170. The molecule has 0 aromatic heterocycles. The molecular formula is C17H18O5. The predicted molar refractivity (Wildman–Crippen MR) is 81.7 cm³/mol. The van der Waals surface area contributed by atoms with Crippen molar-refractivity contribution in [2.75, 3.05) is 14.2 Å². The fourth-order valence-corrected chi connectivity index (χ4v) is 2.18. The first-order valence-electron chi connectivity index (χ1n) is 6.75. The third-order valence-electron chi connectivity index (χ3n) is 3.35. The maximum Gasteiger partial charge on any atom is 0.203 e. The molecule has 2 aromatic rings. The number of aliphatic hydroxyl groups excluding tert-OH is 1. The average molecular weight is 302 g/mol. The van der Waals surface area contributed by atoms with E-state index in [1.54, 1.807) is 31.2 Å². The summed E-state index contributed by atoms with van der Waals surface area (Å²) in [5.41, 5.74) is 1.35. The van der Waals surface area contributed by atoms with E-state index in [0.717, 1.165) is 0 Å². The molecule has 0 bridgehead atoms. The summed E-state index contributed by atoms with van der Waals surface area (Å²) in [6.07, 6.45) is -0.661. The summed E-state index contributed by atoms with van der Waals surface area (Å²) in [6.45, 7) is 1.63. The van der Waals surface area contributed by atoms with Crippen molar-refractivity contribution < 1.29 is 24.5 Å². The predicted octanol–water partition coefficient (Wildman–Crippen LogP) is 2.69. The molecule has 5 heteroatoms. The van der Waals surface area contributed by atoms with E-state index in [4.69, 9.17) is 9.47 Å². The maximum absolute atomic E-state index is 12.6. The Morgan fingerprint density at radius 2 is 1.82 bits per heavy atom. The quantitative estimate of drug-likeness (QED) is 0.831. The normalized spacial score (nSPS) is 11.8. The van der Waals surface area contributed by atoms with Gasteiger partial charge in [-0.1, -0.05) is 18.2 Å². The number of phenolic OH excluding ortho intramolecular Hbond substituents is 1. The molecule has 0 aliphatic carbocycles. The van der Waals surface area contributed by atoms with Gasteiger partial charge in [-0.15, -0.1) is 0 Å². The Balaban J connectivity index is 2.45. The van der Waals surface area contributed by atoms with E-state index in [2.05, 4.69) is 0 Å². The third kappa shape index (κ3) is 3.04. The zero-order valence-electron chi connectivity index (χ0n) is 12.7. The highest BCUT2D eigenvalue weighted by Crippen LogP contribution is 2.37. The van der Waals surface area contributed by atoms with E-state index in [9.17, 15) is 15.0 Å². The van der Waals surface area contributed by atoms with Gasteiger partial charge in [0.05, 0.1) is 20.3 Å². The molecule has 2 rings (SSSR count). The molecule has 0 amide bonds. The highest BCUT2D eigenvalue weighted by Gasteiger charge is 2.17. The average Bonchev–Trinajstić information content (AvgIpc) is 2.53. The number of rotatable bonds is 5. The topological polar surface area (TPSA) is 76.0 Å². The van der Waals surface area contributed by atoms with Crippen LogP contribution in [0.15, 0.2) is 36.4 Å². The van der Waals surface area contributed by atoms with E-state index in [0.29, 0.717) is 11.1 Å². The standard InChI is InChI=1S/C17H18O5/c1-10(18)11-5-4-6-12(7-11)16(20)13-8-14(19)17(22-3)15(9-13)21-2/h4-10,18-19H,1-3H3. The lowest BCUT2D eigenvalue weighted by Crippen LogP contribution is -2.04. The molecule has 0 fully saturated rings. The number of ketones is 1. The van der Waals surface area contributed by atoms with Crippen molar-refractivity contribution in [3.05, 3.63) is 53.1 Å². The van der Waals surface area contributed by atoms with Crippen molar-refractivity contribution in [1.29, 1.82) is 0 Å². The van der Waals surface area contributed by atoms with Gasteiger partial charge in [-0.25, -0.2) is 0 Å². The molecule has 2 N–H and O–H groups in total. The maximum atomic E-state index is 12.6. The Morgan fingerprint density at radius 1 is 1.09 bits per heavy atom. The zero-order chi connectivity index (χ0) is 16.3. The molecule has 0 saturated heterocycles. The van der Waals surface area contributed by atoms with Crippen LogP contribution in [0.4, 0.5) is 0 Å². The van der Waals surface area contributed by atoms with Crippen LogP contribution < -0.4 is 9.47 Å². The Labute approximate surface area is 128 Å². The van der Waals surface area contributed by atoms with Gasteiger partial charge in [-0.05, 0) is 30.7 Å². The summed E-state index contributed by atoms with van der Waals surface area (Å²) in [7, 11) is 2.84. The number of hydrogen-bond acceptors (Lipinski definition) is 5. The largest absolute Gasteiger partial charge is 0.504 e. The van der Waals surface area contributed by atoms with Crippen LogP contribution in [0.1, 0.15) is 34.5 Å². The number of benzene rings is 2. The van der Waals surface area contributed by atoms with Crippen molar-refractivity contribution in [2.45, 2.75) is 13.0 Å². The second-order valence-corrected chi connectivity index (χ2v) is 4.86. The summed E-state index contributed by atoms with van der Waals surface area (Å²) < 4.78 is 10.2. The van der Waals surface area contributed by atoms with Gasteiger partial charge in [0.25, 0.3) is 0 Å². The lowest BCUT2D eigenvalue weighted by atomic mass is 9.99. The molecule has 0 heterocycles. The second kappa shape index (κ2) is 6.49. The number of carbonyl (C=O) groups is 1. The van der Waals surface area contributed by atoms with Crippen LogP contribution in [0.25, 0.3) is 0 Å². The number of carbonyl (C=O) groups excluding carboxylic acids is 1. The highest BCUT2D eigenvalue weighted by atomic mass is 16.5. The third-order valence-corrected chi connectivity index (χ3v) is 3.35. The van der Waals surface area contributed by atoms with Gasteiger partial charge in [0, 0.05) is 11.1 Å². The van der Waals surface area contributed by atoms with Crippen molar-refractivity contribution in [1.82, 2.24) is 0 Å². The van der Waals surface area contributed by atoms with Crippen LogP contribution in [0, 0.1) is 0 Å². The van der Waals surface area contributed by atoms with E-state index < -0.39 is 6.10 Å². The van der Waals surface area contributed by atoms with Gasteiger partial charge in [-0.3, -0.25) is 4.79 Å². The molecule has 0 radical (unpaired) electrons. The van der Waals surface area contributed by atoms with Gasteiger partial charge in [-0.2, -0.15) is 0 Å². The van der Waals surface area contributed by atoms with Gasteiger partial charge < -0.3 is 19.7 Å². The van der Waals surface area contributed by atoms with Crippen LogP contribution in [-0.2, 0) is 0 Å². The lowest BCUT2D eigenvalue weighted by Gasteiger charge is -2.12. The van der Waals surface area contributed by atoms with Crippen molar-refractivity contribution in [3.63, 3.8) is 0 Å². The SMILES string of the molecule is COc1cc(C(=O)c2cccc(C(C)O)c2)cc(O)c1OC. The van der Waals surface area contributed by atoms with Gasteiger partial charge in [0.1, 0.15) is 0 Å². The number of hydrogen-bond donors (Lipinski definition) is 2. The number of methoxy groups -OCH3 is 2. The summed E-state index contributed by atoms with van der Waals surface area (Å²) in [5.74, 6) is 0.00458. The first-order valence-corrected chi connectivity index (χ1v) is 6.75. The first-order chi connectivity index (χ1) is 10.5. The van der Waals surface area contributed by atoms with Crippen LogP contribution in [0.3, 0.4) is 0 Å². The van der Waals surface area contributed by atoms with E-state index in [1.165, 1.54) is 26.4 Å². The molecule has 0 spiro atoms. The highest BCUT2D eigenvalue weighted by molar-refractivity contribution is 6.09. The molecule has 0 aliphatic rings.